The average molecular weight is 466 g/mol. The van der Waals surface area contributed by atoms with Gasteiger partial charge in [0.2, 0.25) is 5.91 Å². The van der Waals surface area contributed by atoms with E-state index in [0.717, 1.165) is 29.9 Å². The molecule has 4 rings (SSSR count). The summed E-state index contributed by atoms with van der Waals surface area (Å²) in [6, 6.07) is 13.7. The molecule has 4 amide bonds. The van der Waals surface area contributed by atoms with E-state index >= 15 is 0 Å². The Hall–Kier alpha value is -3.55. The number of benzene rings is 2. The number of ether oxygens (including phenoxy) is 2. The van der Waals surface area contributed by atoms with Crippen molar-refractivity contribution in [3.05, 3.63) is 48.5 Å². The highest BCUT2D eigenvalue weighted by atomic mass is 16.5. The zero-order valence-electron chi connectivity index (χ0n) is 19.6. The summed E-state index contributed by atoms with van der Waals surface area (Å²) < 4.78 is 11.2. The van der Waals surface area contributed by atoms with Crippen molar-refractivity contribution in [2.45, 2.75) is 51.5 Å². The number of carbonyl (C=O) groups is 3. The molecule has 1 aliphatic heterocycles. The molecule has 8 nitrogen and oxygen atoms in total. The Balaban J connectivity index is 1.31. The molecule has 180 valence electrons. The molecule has 1 saturated heterocycles. The highest BCUT2D eigenvalue weighted by Crippen LogP contribution is 2.37. The molecule has 0 radical (unpaired) electrons. The smallest absolute Gasteiger partial charge is 0.325 e. The van der Waals surface area contributed by atoms with Gasteiger partial charge in [0.25, 0.3) is 5.91 Å². The quantitative estimate of drug-likeness (QED) is 0.551. The van der Waals surface area contributed by atoms with Crippen molar-refractivity contribution in [1.82, 2.24) is 10.2 Å². The van der Waals surface area contributed by atoms with E-state index in [1.807, 2.05) is 31.2 Å². The summed E-state index contributed by atoms with van der Waals surface area (Å²) >= 11 is 0. The molecule has 2 aromatic carbocycles. The van der Waals surface area contributed by atoms with Crippen LogP contribution in [0, 0.1) is 5.92 Å². The van der Waals surface area contributed by atoms with Gasteiger partial charge in [-0.15, -0.1) is 0 Å². The number of nitrogens with zero attached hydrogens (tertiary/aromatic N) is 1. The second-order valence-corrected chi connectivity index (χ2v) is 8.83. The predicted molar refractivity (Wildman–Crippen MR) is 128 cm³/mol. The Bertz CT molecular complexity index is 1030. The molecule has 2 N–H and O–H groups in total. The molecular weight excluding hydrogens is 434 g/mol. The molecule has 2 fully saturated rings. The lowest BCUT2D eigenvalue weighted by atomic mass is 9.75. The van der Waals surface area contributed by atoms with Gasteiger partial charge in [-0.05, 0) is 87.1 Å². The largest absolute Gasteiger partial charge is 0.494 e. The number of hydrogen-bond donors (Lipinski definition) is 2. The number of amides is 4. The lowest BCUT2D eigenvalue weighted by molar-refractivity contribution is -0.135. The van der Waals surface area contributed by atoms with Gasteiger partial charge in [0.05, 0.1) is 6.61 Å². The number of nitrogens with one attached hydrogen (secondary N) is 2. The fourth-order valence-electron chi connectivity index (χ4n) is 4.59. The lowest BCUT2D eigenvalue weighted by Gasteiger charge is -2.34. The van der Waals surface area contributed by atoms with Crippen LogP contribution in [-0.4, -0.2) is 41.4 Å². The summed E-state index contributed by atoms with van der Waals surface area (Å²) in [5, 5.41) is 5.60. The van der Waals surface area contributed by atoms with Crippen molar-refractivity contribution >= 4 is 23.5 Å². The normalized spacial score (nSPS) is 21.9. The molecule has 8 heteroatoms. The third kappa shape index (κ3) is 5.16. The van der Waals surface area contributed by atoms with E-state index in [1.54, 1.807) is 24.3 Å². The minimum absolute atomic E-state index is 0.290. The third-order valence-electron chi connectivity index (χ3n) is 6.59. The van der Waals surface area contributed by atoms with Crippen LogP contribution in [0.25, 0.3) is 0 Å². The average Bonchev–Trinajstić information content (AvgIpc) is 3.06. The Kier molecular flexibility index (Phi) is 7.05. The fraction of sp³-hybridized carbons (Fsp3) is 0.423. The molecular formula is C26H31N3O5. The van der Waals surface area contributed by atoms with Crippen LogP contribution in [0.2, 0.25) is 0 Å². The van der Waals surface area contributed by atoms with Gasteiger partial charge in [-0.2, -0.15) is 0 Å². The molecule has 2 aliphatic rings. The first-order valence-electron chi connectivity index (χ1n) is 11.9. The van der Waals surface area contributed by atoms with Gasteiger partial charge in [-0.3, -0.25) is 14.5 Å². The topological polar surface area (TPSA) is 97.0 Å². The Morgan fingerprint density at radius 2 is 1.59 bits per heavy atom. The van der Waals surface area contributed by atoms with E-state index < -0.39 is 17.5 Å². The minimum atomic E-state index is -0.844. The van der Waals surface area contributed by atoms with E-state index in [2.05, 4.69) is 17.6 Å². The lowest BCUT2D eigenvalue weighted by Crippen LogP contribution is -2.49. The number of anilines is 1. The fourth-order valence-corrected chi connectivity index (χ4v) is 4.59. The van der Waals surface area contributed by atoms with Crippen LogP contribution in [0.3, 0.4) is 0 Å². The van der Waals surface area contributed by atoms with Crippen molar-refractivity contribution in [3.63, 3.8) is 0 Å². The Morgan fingerprint density at radius 3 is 2.18 bits per heavy atom. The van der Waals surface area contributed by atoms with E-state index in [9.17, 15) is 14.4 Å². The van der Waals surface area contributed by atoms with Gasteiger partial charge in [0.15, 0.2) is 0 Å². The zero-order valence-corrected chi connectivity index (χ0v) is 19.6. The summed E-state index contributed by atoms with van der Waals surface area (Å²) in [6.45, 7) is 4.36. The summed E-state index contributed by atoms with van der Waals surface area (Å²) in [4.78, 5) is 39.0. The maximum Gasteiger partial charge on any atom is 0.325 e. The molecule has 1 spiro atoms. The van der Waals surface area contributed by atoms with Gasteiger partial charge in [-0.25, -0.2) is 4.79 Å². The van der Waals surface area contributed by atoms with Gasteiger partial charge < -0.3 is 20.1 Å². The first kappa shape index (κ1) is 23.6. The molecule has 34 heavy (non-hydrogen) atoms. The van der Waals surface area contributed by atoms with E-state index in [1.165, 1.54) is 0 Å². The number of hydrogen-bond acceptors (Lipinski definition) is 5. The second-order valence-electron chi connectivity index (χ2n) is 8.83. The zero-order chi connectivity index (χ0) is 24.1. The number of imide groups is 1. The van der Waals surface area contributed by atoms with Gasteiger partial charge in [0, 0.05) is 5.69 Å². The molecule has 1 saturated carbocycles. The van der Waals surface area contributed by atoms with Crippen LogP contribution in [0.15, 0.2) is 48.5 Å². The second kappa shape index (κ2) is 10.2. The highest BCUT2D eigenvalue weighted by molar-refractivity contribution is 6.10. The van der Waals surface area contributed by atoms with E-state index in [4.69, 9.17) is 9.47 Å². The first-order chi connectivity index (χ1) is 16.4. The summed E-state index contributed by atoms with van der Waals surface area (Å²) in [5.41, 5.74) is -0.294. The molecule has 0 aromatic heterocycles. The van der Waals surface area contributed by atoms with Crippen molar-refractivity contribution in [3.8, 4) is 17.2 Å². The summed E-state index contributed by atoms with van der Waals surface area (Å²) in [6.07, 6.45) is 4.16. The van der Waals surface area contributed by atoms with E-state index in [-0.39, 0.29) is 12.5 Å². The Morgan fingerprint density at radius 1 is 1.00 bits per heavy atom. The van der Waals surface area contributed by atoms with Crippen LogP contribution in [0.5, 0.6) is 17.2 Å². The standard InChI is InChI=1S/C26H31N3O5/c1-3-18-13-15-26(16-14-18)24(31)29(25(32)28-26)17-23(30)27-19-5-7-21(8-6-19)34-22-11-9-20(10-12-22)33-4-2/h5-12,18H,3-4,13-17H2,1-2H3,(H,27,30)(H,28,32). The maximum atomic E-state index is 13.0. The van der Waals surface area contributed by atoms with Gasteiger partial charge in [0.1, 0.15) is 29.3 Å². The molecule has 0 bridgehead atoms. The summed E-state index contributed by atoms with van der Waals surface area (Å²) in [5.74, 6) is 1.93. The monoisotopic (exact) mass is 465 g/mol. The van der Waals surface area contributed by atoms with Gasteiger partial charge in [-0.1, -0.05) is 13.3 Å². The van der Waals surface area contributed by atoms with Crippen molar-refractivity contribution in [1.29, 1.82) is 0 Å². The number of rotatable bonds is 8. The van der Waals surface area contributed by atoms with Crippen LogP contribution in [-0.2, 0) is 9.59 Å². The third-order valence-corrected chi connectivity index (χ3v) is 6.59. The van der Waals surface area contributed by atoms with Crippen LogP contribution in [0.1, 0.15) is 46.0 Å². The molecule has 2 aromatic rings. The number of carbonyl (C=O) groups excluding carboxylic acids is 3. The minimum Gasteiger partial charge on any atom is -0.494 e. The molecule has 0 atom stereocenters. The Labute approximate surface area is 199 Å². The van der Waals surface area contributed by atoms with Crippen LogP contribution in [0.4, 0.5) is 10.5 Å². The van der Waals surface area contributed by atoms with Crippen LogP contribution < -0.4 is 20.1 Å². The number of urea groups is 1. The molecule has 0 unspecified atom stereocenters. The SMILES string of the molecule is CCOc1ccc(Oc2ccc(NC(=O)CN3C(=O)NC4(CCC(CC)CC4)C3=O)cc2)cc1. The molecule has 1 heterocycles. The molecule has 1 aliphatic carbocycles. The van der Waals surface area contributed by atoms with Crippen LogP contribution >= 0.6 is 0 Å². The maximum absolute atomic E-state index is 13.0. The van der Waals surface area contributed by atoms with Gasteiger partial charge >= 0.3 is 6.03 Å². The highest BCUT2D eigenvalue weighted by Gasteiger charge is 2.52. The summed E-state index contributed by atoms with van der Waals surface area (Å²) in [7, 11) is 0. The van der Waals surface area contributed by atoms with Crippen molar-refractivity contribution in [2.75, 3.05) is 18.5 Å². The van der Waals surface area contributed by atoms with Crippen molar-refractivity contribution < 1.29 is 23.9 Å². The van der Waals surface area contributed by atoms with E-state index in [0.29, 0.717) is 42.6 Å². The van der Waals surface area contributed by atoms with Crippen molar-refractivity contribution in [2.24, 2.45) is 5.92 Å². The first-order valence-corrected chi connectivity index (χ1v) is 11.9. The predicted octanol–water partition coefficient (Wildman–Crippen LogP) is 4.71.